The van der Waals surface area contributed by atoms with E-state index in [4.69, 9.17) is 9.47 Å². The predicted octanol–water partition coefficient (Wildman–Crippen LogP) is 3.68. The monoisotopic (exact) mass is 365 g/mol. The Morgan fingerprint density at radius 2 is 1.73 bits per heavy atom. The summed E-state index contributed by atoms with van der Waals surface area (Å²) in [5.74, 6) is 1.54. The molecule has 0 aliphatic carbocycles. The number of rotatable bonds is 10. The molecule has 0 aromatic heterocycles. The summed E-state index contributed by atoms with van der Waals surface area (Å²) >= 11 is 0. The van der Waals surface area contributed by atoms with Crippen molar-refractivity contribution in [1.82, 2.24) is 10.6 Å². The van der Waals surface area contributed by atoms with Gasteiger partial charge in [-0.25, -0.2) is 0 Å². The van der Waals surface area contributed by atoms with Gasteiger partial charge in [-0.3, -0.25) is 4.99 Å². The van der Waals surface area contributed by atoms with Crippen LogP contribution in [0.1, 0.15) is 52.0 Å². The van der Waals surface area contributed by atoms with Crippen molar-refractivity contribution in [2.24, 2.45) is 10.4 Å². The van der Waals surface area contributed by atoms with Crippen LogP contribution < -0.4 is 20.1 Å². The van der Waals surface area contributed by atoms with Gasteiger partial charge in [0, 0.05) is 20.1 Å². The second kappa shape index (κ2) is 10.8. The molecule has 1 aromatic carbocycles. The Kier molecular flexibility index (Phi) is 9.10. The van der Waals surface area contributed by atoms with Crippen LogP contribution >= 0.6 is 0 Å². The van der Waals surface area contributed by atoms with Crippen molar-refractivity contribution < 1.29 is 14.6 Å². The van der Waals surface area contributed by atoms with Gasteiger partial charge in [0.1, 0.15) is 0 Å². The molecule has 3 N–H and O–H groups in total. The van der Waals surface area contributed by atoms with E-state index in [0.717, 1.165) is 18.1 Å². The van der Waals surface area contributed by atoms with Crippen LogP contribution in [-0.4, -0.2) is 38.9 Å². The first-order valence-electron chi connectivity index (χ1n) is 9.25. The summed E-state index contributed by atoms with van der Waals surface area (Å²) in [5.41, 5.74) is 1.15. The van der Waals surface area contributed by atoms with Gasteiger partial charge in [0.05, 0.1) is 14.2 Å². The zero-order valence-electron chi connectivity index (χ0n) is 17.1. The van der Waals surface area contributed by atoms with Gasteiger partial charge >= 0.3 is 0 Å². The normalized spacial score (nSPS) is 12.0. The molecule has 0 aliphatic heterocycles. The van der Waals surface area contributed by atoms with E-state index in [1.54, 1.807) is 19.2 Å². The fourth-order valence-electron chi connectivity index (χ4n) is 2.72. The Hall–Kier alpha value is -2.11. The lowest BCUT2D eigenvalue weighted by molar-refractivity contribution is 0.318. The molecule has 1 rings (SSSR count). The second-order valence-electron chi connectivity index (χ2n) is 7.25. The maximum Gasteiger partial charge on any atom is 0.200 e. The summed E-state index contributed by atoms with van der Waals surface area (Å²) in [7, 11) is 4.80. The van der Waals surface area contributed by atoms with E-state index in [1.807, 2.05) is 0 Å². The van der Waals surface area contributed by atoms with E-state index in [9.17, 15) is 5.11 Å². The van der Waals surface area contributed by atoms with Crippen LogP contribution in [-0.2, 0) is 6.54 Å². The third-order valence-corrected chi connectivity index (χ3v) is 4.41. The molecule has 0 saturated carbocycles. The van der Waals surface area contributed by atoms with E-state index in [-0.39, 0.29) is 11.2 Å². The van der Waals surface area contributed by atoms with E-state index in [0.29, 0.717) is 18.0 Å². The van der Waals surface area contributed by atoms with Gasteiger partial charge in [0.2, 0.25) is 5.75 Å². The Morgan fingerprint density at radius 3 is 2.23 bits per heavy atom. The van der Waals surface area contributed by atoms with Crippen molar-refractivity contribution in [3.8, 4) is 17.2 Å². The van der Waals surface area contributed by atoms with Crippen LogP contribution in [0.2, 0.25) is 0 Å². The van der Waals surface area contributed by atoms with Crippen molar-refractivity contribution >= 4 is 5.96 Å². The molecule has 0 saturated heterocycles. The first-order valence-corrected chi connectivity index (χ1v) is 9.25. The summed E-state index contributed by atoms with van der Waals surface area (Å²) < 4.78 is 10.4. The van der Waals surface area contributed by atoms with Gasteiger partial charge in [-0.2, -0.15) is 0 Å². The number of benzene rings is 1. The van der Waals surface area contributed by atoms with Crippen LogP contribution in [0.15, 0.2) is 17.1 Å². The molecular formula is C20H35N3O3. The highest BCUT2D eigenvalue weighted by molar-refractivity contribution is 5.79. The van der Waals surface area contributed by atoms with Crippen LogP contribution in [0, 0.1) is 5.41 Å². The van der Waals surface area contributed by atoms with Gasteiger partial charge in [0.15, 0.2) is 17.5 Å². The number of phenols is 1. The minimum absolute atomic E-state index is 0.00934. The zero-order valence-corrected chi connectivity index (χ0v) is 17.1. The molecule has 0 unspecified atom stereocenters. The lowest BCUT2D eigenvalue weighted by Gasteiger charge is -2.26. The molecule has 26 heavy (non-hydrogen) atoms. The SMILES string of the molecule is CCCCCC(C)(C)CNC(=NC)NCc1cc(OC)c(O)c(OC)c1. The lowest BCUT2D eigenvalue weighted by Crippen LogP contribution is -2.41. The van der Waals surface area contributed by atoms with Gasteiger partial charge in [-0.15, -0.1) is 0 Å². The number of phenolic OH excluding ortho intramolecular Hbond substituents is 1. The molecular weight excluding hydrogens is 330 g/mol. The highest BCUT2D eigenvalue weighted by Crippen LogP contribution is 2.37. The first kappa shape index (κ1) is 21.9. The maximum atomic E-state index is 9.99. The minimum atomic E-state index is 0.00934. The Morgan fingerprint density at radius 1 is 1.12 bits per heavy atom. The standard InChI is InChI=1S/C20H35N3O3/c1-7-8-9-10-20(2,3)14-23-19(21-4)22-13-15-11-16(25-5)18(24)17(12-15)26-6/h11-12,24H,7-10,13-14H2,1-6H3,(H2,21,22,23). The molecule has 0 aliphatic rings. The van der Waals surface area contributed by atoms with Gasteiger partial charge < -0.3 is 25.2 Å². The van der Waals surface area contributed by atoms with Crippen molar-refractivity contribution in [2.75, 3.05) is 27.8 Å². The Labute approximate surface area is 158 Å². The molecule has 1 aromatic rings. The molecule has 0 amide bonds. The largest absolute Gasteiger partial charge is 0.502 e. The molecule has 6 nitrogen and oxygen atoms in total. The quantitative estimate of drug-likeness (QED) is 0.335. The highest BCUT2D eigenvalue weighted by Gasteiger charge is 2.18. The Bertz CT molecular complexity index is 561. The van der Waals surface area contributed by atoms with E-state index < -0.39 is 0 Å². The minimum Gasteiger partial charge on any atom is -0.502 e. The average Bonchev–Trinajstić information content (AvgIpc) is 2.62. The number of hydrogen-bond acceptors (Lipinski definition) is 4. The van der Waals surface area contributed by atoms with E-state index in [1.165, 1.54) is 39.9 Å². The van der Waals surface area contributed by atoms with E-state index in [2.05, 4.69) is 36.4 Å². The Balaban J connectivity index is 2.62. The summed E-state index contributed by atoms with van der Waals surface area (Å²) in [5, 5.41) is 16.7. The summed E-state index contributed by atoms with van der Waals surface area (Å²) in [6.45, 7) is 8.18. The van der Waals surface area contributed by atoms with Gasteiger partial charge in [-0.1, -0.05) is 40.0 Å². The van der Waals surface area contributed by atoms with Crippen LogP contribution in [0.4, 0.5) is 0 Å². The zero-order chi connectivity index (χ0) is 19.6. The summed E-state index contributed by atoms with van der Waals surface area (Å²) in [6.07, 6.45) is 4.97. The van der Waals surface area contributed by atoms with Crippen molar-refractivity contribution in [3.63, 3.8) is 0 Å². The number of aromatic hydroxyl groups is 1. The highest BCUT2D eigenvalue weighted by atomic mass is 16.5. The fourth-order valence-corrected chi connectivity index (χ4v) is 2.72. The maximum absolute atomic E-state index is 9.99. The van der Waals surface area contributed by atoms with Crippen molar-refractivity contribution in [2.45, 2.75) is 53.0 Å². The third-order valence-electron chi connectivity index (χ3n) is 4.41. The van der Waals surface area contributed by atoms with Crippen molar-refractivity contribution in [1.29, 1.82) is 0 Å². The molecule has 0 fully saturated rings. The number of ether oxygens (including phenoxy) is 2. The number of unbranched alkanes of at least 4 members (excludes halogenated alkanes) is 2. The fraction of sp³-hybridized carbons (Fsp3) is 0.650. The predicted molar refractivity (Wildman–Crippen MR) is 107 cm³/mol. The van der Waals surface area contributed by atoms with Gasteiger partial charge in [-0.05, 0) is 29.5 Å². The molecule has 0 heterocycles. The smallest absolute Gasteiger partial charge is 0.200 e. The second-order valence-corrected chi connectivity index (χ2v) is 7.25. The molecule has 6 heteroatoms. The average molecular weight is 366 g/mol. The number of hydrogen-bond donors (Lipinski definition) is 3. The van der Waals surface area contributed by atoms with Gasteiger partial charge in [0.25, 0.3) is 0 Å². The lowest BCUT2D eigenvalue weighted by atomic mass is 9.87. The van der Waals surface area contributed by atoms with E-state index >= 15 is 0 Å². The molecule has 0 radical (unpaired) electrons. The number of nitrogens with one attached hydrogen (secondary N) is 2. The first-order chi connectivity index (χ1) is 12.4. The van der Waals surface area contributed by atoms with Crippen molar-refractivity contribution in [3.05, 3.63) is 17.7 Å². The molecule has 148 valence electrons. The number of aliphatic imine (C=N–C) groups is 1. The summed E-state index contributed by atoms with van der Waals surface area (Å²) in [4.78, 5) is 4.29. The van der Waals surface area contributed by atoms with Crippen LogP contribution in [0.5, 0.6) is 17.2 Å². The topological polar surface area (TPSA) is 75.1 Å². The van der Waals surface area contributed by atoms with Crippen LogP contribution in [0.25, 0.3) is 0 Å². The number of guanidine groups is 1. The molecule has 0 spiro atoms. The number of methoxy groups -OCH3 is 2. The van der Waals surface area contributed by atoms with Crippen LogP contribution in [0.3, 0.4) is 0 Å². The summed E-state index contributed by atoms with van der Waals surface area (Å²) in [6, 6.07) is 3.57. The number of nitrogens with zero attached hydrogens (tertiary/aromatic N) is 1. The molecule has 0 bridgehead atoms. The molecule has 0 atom stereocenters. The third kappa shape index (κ3) is 7.02.